The van der Waals surface area contributed by atoms with Crippen LogP contribution in [0.2, 0.25) is 0 Å². The number of ether oxygens (including phenoxy) is 1. The van der Waals surface area contributed by atoms with Crippen molar-refractivity contribution in [1.82, 2.24) is 29.6 Å². The monoisotopic (exact) mass is 508 g/mol. The fraction of sp³-hybridized carbons (Fsp3) is 0.517. The molecule has 202 valence electrons. The maximum Gasteiger partial charge on any atom is 0.287 e. The Labute approximate surface area is 222 Å². The van der Waals surface area contributed by atoms with Crippen molar-refractivity contribution in [2.75, 3.05) is 72.1 Å². The van der Waals surface area contributed by atoms with Crippen LogP contribution >= 0.6 is 0 Å². The van der Waals surface area contributed by atoms with E-state index in [0.29, 0.717) is 31.2 Å². The van der Waals surface area contributed by atoms with E-state index in [0.717, 1.165) is 75.9 Å². The maximum atomic E-state index is 13.2. The van der Waals surface area contributed by atoms with Crippen molar-refractivity contribution in [1.29, 1.82) is 0 Å². The third kappa shape index (κ3) is 8.02. The van der Waals surface area contributed by atoms with Crippen LogP contribution in [0.3, 0.4) is 0 Å². The van der Waals surface area contributed by atoms with Gasteiger partial charge in [-0.3, -0.25) is 14.6 Å². The van der Waals surface area contributed by atoms with E-state index in [1.54, 1.807) is 12.2 Å². The van der Waals surface area contributed by atoms with Crippen molar-refractivity contribution in [3.8, 4) is 5.75 Å². The largest absolute Gasteiger partial charge is 0.494 e. The molecule has 8 nitrogen and oxygen atoms in total. The number of rotatable bonds is 15. The van der Waals surface area contributed by atoms with E-state index in [-0.39, 0.29) is 5.91 Å². The summed E-state index contributed by atoms with van der Waals surface area (Å²) in [5.74, 6) is 1.02. The number of amides is 1. The normalized spacial score (nSPS) is 14.6. The quantitative estimate of drug-likeness (QED) is 0.398. The zero-order chi connectivity index (χ0) is 26.6. The molecule has 1 aliphatic heterocycles. The van der Waals surface area contributed by atoms with E-state index in [1.165, 1.54) is 0 Å². The van der Waals surface area contributed by atoms with Crippen LogP contribution in [0.25, 0.3) is 12.2 Å². The molecule has 1 saturated heterocycles. The van der Waals surface area contributed by atoms with E-state index in [9.17, 15) is 4.79 Å². The summed E-state index contributed by atoms with van der Waals surface area (Å²) in [7, 11) is 0. The molecule has 0 bridgehead atoms. The smallest absolute Gasteiger partial charge is 0.287 e. The second kappa shape index (κ2) is 14.7. The van der Waals surface area contributed by atoms with Crippen LogP contribution in [0.15, 0.2) is 37.4 Å². The highest BCUT2D eigenvalue weighted by atomic mass is 16.5. The molecular formula is C29H44N6O2. The minimum Gasteiger partial charge on any atom is -0.494 e. The first-order valence-electron chi connectivity index (χ1n) is 13.5. The fourth-order valence-corrected chi connectivity index (χ4v) is 4.69. The third-order valence-corrected chi connectivity index (χ3v) is 7.01. The van der Waals surface area contributed by atoms with E-state index in [4.69, 9.17) is 4.74 Å². The zero-order valence-electron chi connectivity index (χ0n) is 22.9. The number of carbonyl (C=O) groups excluding carboxylic acids is 1. The summed E-state index contributed by atoms with van der Waals surface area (Å²) < 4.78 is 7.46. The SMILES string of the molecule is C=Cc1nc(C(=O)NCCN2CCN(CCN(CC)CC)CC2)n(Cc2ccc(OCC)cc2)c1C=C. The summed E-state index contributed by atoms with van der Waals surface area (Å²) in [6, 6.07) is 7.91. The molecular weight excluding hydrogens is 464 g/mol. The molecule has 0 unspecified atom stereocenters. The van der Waals surface area contributed by atoms with Gasteiger partial charge in [-0.2, -0.15) is 0 Å². The van der Waals surface area contributed by atoms with Gasteiger partial charge in [0, 0.05) is 58.9 Å². The minimum atomic E-state index is -0.181. The molecule has 0 aliphatic carbocycles. The molecule has 37 heavy (non-hydrogen) atoms. The number of imidazole rings is 1. The molecule has 1 N–H and O–H groups in total. The molecule has 0 radical (unpaired) electrons. The average Bonchev–Trinajstić information content (AvgIpc) is 3.28. The fourth-order valence-electron chi connectivity index (χ4n) is 4.69. The van der Waals surface area contributed by atoms with E-state index < -0.39 is 0 Å². The Kier molecular flexibility index (Phi) is 11.4. The Morgan fingerprint density at radius 1 is 1.03 bits per heavy atom. The van der Waals surface area contributed by atoms with Crippen molar-refractivity contribution in [3.63, 3.8) is 0 Å². The first-order chi connectivity index (χ1) is 18.0. The van der Waals surface area contributed by atoms with Gasteiger partial charge in [-0.25, -0.2) is 4.98 Å². The number of piperazine rings is 1. The summed E-state index contributed by atoms with van der Waals surface area (Å²) in [6.45, 7) is 25.4. The van der Waals surface area contributed by atoms with Gasteiger partial charge >= 0.3 is 0 Å². The van der Waals surface area contributed by atoms with Gasteiger partial charge in [0.2, 0.25) is 0 Å². The standard InChI is InChI=1S/C29H44N6O2/c1-6-26-27(7-2)35(23-24-11-13-25(14-12-24)37-10-5)28(31-26)29(36)30-15-16-33-19-21-34(22-20-33)18-17-32(8-3)9-4/h6-7,11-14H,1-2,8-10,15-23H2,3-5H3,(H,30,36). The number of aromatic nitrogens is 2. The van der Waals surface area contributed by atoms with Gasteiger partial charge < -0.3 is 19.5 Å². The molecule has 1 aromatic carbocycles. The zero-order valence-corrected chi connectivity index (χ0v) is 22.9. The molecule has 0 atom stereocenters. The lowest BCUT2D eigenvalue weighted by Crippen LogP contribution is -2.50. The summed E-state index contributed by atoms with van der Waals surface area (Å²) in [5.41, 5.74) is 2.49. The Morgan fingerprint density at radius 3 is 2.24 bits per heavy atom. The number of carbonyl (C=O) groups is 1. The Balaban J connectivity index is 1.55. The molecule has 0 saturated carbocycles. The minimum absolute atomic E-state index is 0.181. The first kappa shape index (κ1) is 28.6. The molecule has 1 aliphatic rings. The van der Waals surface area contributed by atoms with E-state index in [1.807, 2.05) is 35.8 Å². The molecule has 2 aromatic rings. The van der Waals surface area contributed by atoms with Crippen LogP contribution in [0, 0.1) is 0 Å². The van der Waals surface area contributed by atoms with Gasteiger partial charge in [-0.15, -0.1) is 0 Å². The number of hydrogen-bond acceptors (Lipinski definition) is 6. The van der Waals surface area contributed by atoms with Crippen LogP contribution < -0.4 is 10.1 Å². The van der Waals surface area contributed by atoms with Gasteiger partial charge in [0.05, 0.1) is 18.0 Å². The third-order valence-electron chi connectivity index (χ3n) is 7.01. The molecule has 2 heterocycles. The summed E-state index contributed by atoms with van der Waals surface area (Å²) in [6.07, 6.45) is 3.40. The van der Waals surface area contributed by atoms with Crippen molar-refractivity contribution < 1.29 is 9.53 Å². The molecule has 1 fully saturated rings. The maximum absolute atomic E-state index is 13.2. The van der Waals surface area contributed by atoms with Gasteiger partial charge in [0.1, 0.15) is 5.75 Å². The predicted molar refractivity (Wildman–Crippen MR) is 152 cm³/mol. The molecule has 3 rings (SSSR count). The van der Waals surface area contributed by atoms with Crippen LogP contribution in [0.5, 0.6) is 5.75 Å². The van der Waals surface area contributed by atoms with Crippen molar-refractivity contribution in [2.24, 2.45) is 0 Å². The highest BCUT2D eigenvalue weighted by Crippen LogP contribution is 2.19. The summed E-state index contributed by atoms with van der Waals surface area (Å²) >= 11 is 0. The Hall–Kier alpha value is -2.94. The lowest BCUT2D eigenvalue weighted by molar-refractivity contribution is 0.0918. The van der Waals surface area contributed by atoms with Gasteiger partial charge in [-0.05, 0) is 49.9 Å². The summed E-state index contributed by atoms with van der Waals surface area (Å²) in [4.78, 5) is 25.2. The topological polar surface area (TPSA) is 65.9 Å². The highest BCUT2D eigenvalue weighted by Gasteiger charge is 2.21. The Morgan fingerprint density at radius 2 is 1.68 bits per heavy atom. The van der Waals surface area contributed by atoms with Crippen LogP contribution in [0.1, 0.15) is 48.3 Å². The molecule has 1 amide bonds. The van der Waals surface area contributed by atoms with Crippen molar-refractivity contribution in [3.05, 3.63) is 60.2 Å². The average molecular weight is 509 g/mol. The number of benzene rings is 1. The first-order valence-corrected chi connectivity index (χ1v) is 13.5. The molecule has 8 heteroatoms. The summed E-state index contributed by atoms with van der Waals surface area (Å²) in [5, 5.41) is 3.08. The molecule has 1 aromatic heterocycles. The lowest BCUT2D eigenvalue weighted by atomic mass is 10.2. The second-order valence-corrected chi connectivity index (χ2v) is 9.24. The predicted octanol–water partition coefficient (Wildman–Crippen LogP) is 3.31. The van der Waals surface area contributed by atoms with E-state index in [2.05, 4.69) is 52.0 Å². The van der Waals surface area contributed by atoms with Crippen LogP contribution in [0.4, 0.5) is 0 Å². The van der Waals surface area contributed by atoms with Gasteiger partial charge in [0.15, 0.2) is 5.82 Å². The van der Waals surface area contributed by atoms with Crippen LogP contribution in [-0.4, -0.2) is 102 Å². The number of likely N-dealkylation sites (N-methyl/N-ethyl adjacent to an activating group) is 1. The van der Waals surface area contributed by atoms with Gasteiger partial charge in [-0.1, -0.05) is 39.1 Å². The molecule has 0 spiro atoms. The number of nitrogens with one attached hydrogen (secondary N) is 1. The van der Waals surface area contributed by atoms with Gasteiger partial charge in [0.25, 0.3) is 5.91 Å². The van der Waals surface area contributed by atoms with Crippen LogP contribution in [-0.2, 0) is 6.54 Å². The highest BCUT2D eigenvalue weighted by molar-refractivity contribution is 5.92. The second-order valence-electron chi connectivity index (χ2n) is 9.24. The van der Waals surface area contributed by atoms with E-state index >= 15 is 0 Å². The lowest BCUT2D eigenvalue weighted by Gasteiger charge is -2.35. The number of nitrogens with zero attached hydrogens (tertiary/aromatic N) is 5. The number of hydrogen-bond donors (Lipinski definition) is 1. The Bertz CT molecular complexity index is 1000. The van der Waals surface area contributed by atoms with Crippen molar-refractivity contribution >= 4 is 18.1 Å². The van der Waals surface area contributed by atoms with Crippen molar-refractivity contribution in [2.45, 2.75) is 27.3 Å².